The Balaban J connectivity index is 2.08. The van der Waals surface area contributed by atoms with E-state index in [-0.39, 0.29) is 12.2 Å². The van der Waals surface area contributed by atoms with Crippen LogP contribution < -0.4 is 10.6 Å². The number of benzene rings is 3. The van der Waals surface area contributed by atoms with Gasteiger partial charge in [0, 0.05) is 12.1 Å². The van der Waals surface area contributed by atoms with Gasteiger partial charge in [-0.2, -0.15) is 5.26 Å². The van der Waals surface area contributed by atoms with E-state index in [0.717, 1.165) is 16.0 Å². The fourth-order valence-corrected chi connectivity index (χ4v) is 4.33. The summed E-state index contributed by atoms with van der Waals surface area (Å²) >= 11 is 0. The minimum atomic E-state index is -1.22. The highest BCUT2D eigenvalue weighted by molar-refractivity contribution is 5.99. The van der Waals surface area contributed by atoms with Crippen molar-refractivity contribution in [3.8, 4) is 11.8 Å². The highest BCUT2D eigenvalue weighted by Gasteiger charge is 2.36. The van der Waals surface area contributed by atoms with Crippen molar-refractivity contribution in [2.75, 3.05) is 11.9 Å². The summed E-state index contributed by atoms with van der Waals surface area (Å²) in [5, 5.41) is 25.1. The molecule has 3 aromatic carbocycles. The summed E-state index contributed by atoms with van der Waals surface area (Å²) < 4.78 is 5.41. The van der Waals surface area contributed by atoms with Crippen molar-refractivity contribution in [2.45, 2.75) is 51.8 Å². The number of carbonyl (C=O) groups excluding carboxylic acids is 3. The van der Waals surface area contributed by atoms with Crippen LogP contribution in [0.3, 0.4) is 0 Å². The van der Waals surface area contributed by atoms with Crippen LogP contribution in [0.1, 0.15) is 49.1 Å². The van der Waals surface area contributed by atoms with Crippen LogP contribution in [0, 0.1) is 18.3 Å². The molecule has 0 aliphatic rings. The Morgan fingerprint density at radius 3 is 2.38 bits per heavy atom. The van der Waals surface area contributed by atoms with Crippen molar-refractivity contribution in [2.24, 2.45) is 0 Å². The van der Waals surface area contributed by atoms with Crippen LogP contribution >= 0.6 is 0 Å². The number of nitrogens with one attached hydrogen (secondary N) is 2. The third-order valence-corrected chi connectivity index (χ3v) is 6.31. The van der Waals surface area contributed by atoms with E-state index in [2.05, 4.69) is 17.2 Å². The second-order valence-corrected chi connectivity index (χ2v) is 10.8. The molecule has 218 valence electrons. The number of phenols is 1. The summed E-state index contributed by atoms with van der Waals surface area (Å²) in [6.45, 7) is 10.3. The molecule has 9 heteroatoms. The number of ether oxygens (including phenoxy) is 1. The number of anilines is 1. The second kappa shape index (κ2) is 14.0. The minimum absolute atomic E-state index is 0.0130. The van der Waals surface area contributed by atoms with Crippen molar-refractivity contribution >= 4 is 29.7 Å². The van der Waals surface area contributed by atoms with Gasteiger partial charge < -0.3 is 25.4 Å². The van der Waals surface area contributed by atoms with Gasteiger partial charge in [0.1, 0.15) is 30.0 Å². The molecule has 9 nitrogen and oxygen atoms in total. The maximum atomic E-state index is 14.3. The molecule has 42 heavy (non-hydrogen) atoms. The van der Waals surface area contributed by atoms with Crippen LogP contribution in [-0.2, 0) is 20.7 Å². The number of alkyl carbamates (subject to hydrolysis) is 1. The van der Waals surface area contributed by atoms with E-state index in [1.807, 2.05) is 25.1 Å². The Bertz CT molecular complexity index is 1470. The van der Waals surface area contributed by atoms with Gasteiger partial charge in [-0.3, -0.25) is 9.59 Å². The van der Waals surface area contributed by atoms with Crippen molar-refractivity contribution in [1.29, 1.82) is 5.26 Å². The van der Waals surface area contributed by atoms with Crippen LogP contribution in [0.25, 0.3) is 6.08 Å². The molecule has 3 amide bonds. The van der Waals surface area contributed by atoms with Gasteiger partial charge in [-0.1, -0.05) is 61.2 Å². The first kappa shape index (κ1) is 31.4. The number of phenolic OH excluding ortho intramolecular Hbond substituents is 1. The van der Waals surface area contributed by atoms with Crippen LogP contribution in [0.15, 0.2) is 79.4 Å². The zero-order chi connectivity index (χ0) is 30.9. The summed E-state index contributed by atoms with van der Waals surface area (Å²) in [4.78, 5) is 42.2. The standard InChI is InChI=1S/C33H36N4O5/c1-6-23-11-9-12-25(20-23)29(30(39)35-27-13-8-7-10-22(27)2)37(19-18-34)31(40)28(36-32(41)42-33(3,4)5)21-24-14-16-26(38)17-15-24/h6-17,20,28-29,38H,1,19,21H2,2-5H3,(H,35,39)(H,36,41). The lowest BCUT2D eigenvalue weighted by Gasteiger charge is -2.33. The Hall–Kier alpha value is -5.10. The molecule has 3 N–H and O–H groups in total. The molecular weight excluding hydrogens is 532 g/mol. The molecule has 2 unspecified atom stereocenters. The lowest BCUT2D eigenvalue weighted by Crippen LogP contribution is -2.53. The number of hydrogen-bond acceptors (Lipinski definition) is 6. The van der Waals surface area contributed by atoms with Gasteiger partial charge in [-0.15, -0.1) is 0 Å². The van der Waals surface area contributed by atoms with Crippen LogP contribution in [0.4, 0.5) is 10.5 Å². The summed E-state index contributed by atoms with van der Waals surface area (Å²) in [5.41, 5.74) is 2.36. The van der Waals surface area contributed by atoms with E-state index in [0.29, 0.717) is 16.8 Å². The minimum Gasteiger partial charge on any atom is -0.508 e. The predicted octanol–water partition coefficient (Wildman–Crippen LogP) is 5.51. The average molecular weight is 569 g/mol. The fraction of sp³-hybridized carbons (Fsp3) is 0.273. The molecular formula is C33H36N4O5. The fourth-order valence-electron chi connectivity index (χ4n) is 4.33. The van der Waals surface area contributed by atoms with Gasteiger partial charge in [-0.25, -0.2) is 4.79 Å². The summed E-state index contributed by atoms with van der Waals surface area (Å²) in [6.07, 6.45) is 0.804. The highest BCUT2D eigenvalue weighted by atomic mass is 16.6. The van der Waals surface area contributed by atoms with E-state index in [4.69, 9.17) is 4.74 Å². The monoisotopic (exact) mass is 568 g/mol. The second-order valence-electron chi connectivity index (χ2n) is 10.8. The predicted molar refractivity (Wildman–Crippen MR) is 161 cm³/mol. The van der Waals surface area contributed by atoms with Gasteiger partial charge in [-0.05, 0) is 74.2 Å². The van der Waals surface area contributed by atoms with E-state index in [9.17, 15) is 24.8 Å². The molecule has 3 rings (SSSR count). The Kier molecular flexibility index (Phi) is 10.5. The number of aryl methyl sites for hydroxylation is 1. The zero-order valence-electron chi connectivity index (χ0n) is 24.3. The van der Waals surface area contributed by atoms with Crippen LogP contribution in [-0.4, -0.2) is 46.1 Å². The summed E-state index contributed by atoms with van der Waals surface area (Å²) in [6, 6.07) is 20.0. The third-order valence-electron chi connectivity index (χ3n) is 6.31. The van der Waals surface area contributed by atoms with Crippen molar-refractivity contribution in [3.05, 3.63) is 102 Å². The normalized spacial score (nSPS) is 12.3. The average Bonchev–Trinajstić information content (AvgIpc) is 2.93. The molecule has 2 atom stereocenters. The van der Waals surface area contributed by atoms with Gasteiger partial charge in [0.15, 0.2) is 0 Å². The molecule has 0 radical (unpaired) electrons. The van der Waals surface area contributed by atoms with Crippen molar-refractivity contribution in [1.82, 2.24) is 10.2 Å². The number of rotatable bonds is 10. The molecule has 0 fully saturated rings. The van der Waals surface area contributed by atoms with E-state index < -0.39 is 42.1 Å². The molecule has 0 saturated heterocycles. The molecule has 0 heterocycles. The third kappa shape index (κ3) is 8.70. The van der Waals surface area contributed by atoms with Crippen molar-refractivity contribution < 1.29 is 24.2 Å². The van der Waals surface area contributed by atoms with Gasteiger partial charge >= 0.3 is 6.09 Å². The molecule has 0 aliphatic carbocycles. The smallest absolute Gasteiger partial charge is 0.408 e. The largest absolute Gasteiger partial charge is 0.508 e. The first-order chi connectivity index (χ1) is 19.9. The number of nitrogens with zero attached hydrogens (tertiary/aromatic N) is 2. The molecule has 0 saturated carbocycles. The topological polar surface area (TPSA) is 132 Å². The van der Waals surface area contributed by atoms with E-state index in [1.54, 1.807) is 75.4 Å². The van der Waals surface area contributed by atoms with Gasteiger partial charge in [0.25, 0.3) is 5.91 Å². The Morgan fingerprint density at radius 2 is 1.76 bits per heavy atom. The van der Waals surface area contributed by atoms with Gasteiger partial charge in [0.2, 0.25) is 5.91 Å². The van der Waals surface area contributed by atoms with Gasteiger partial charge in [0.05, 0.1) is 6.07 Å². The maximum absolute atomic E-state index is 14.3. The molecule has 0 bridgehead atoms. The Labute approximate surface area is 246 Å². The number of nitriles is 1. The van der Waals surface area contributed by atoms with Crippen LogP contribution in [0.5, 0.6) is 5.75 Å². The SMILES string of the molecule is C=Cc1cccc(C(C(=O)Nc2ccccc2C)N(CC#N)C(=O)C(Cc2ccc(O)cc2)NC(=O)OC(C)(C)C)c1. The van der Waals surface area contributed by atoms with E-state index >= 15 is 0 Å². The maximum Gasteiger partial charge on any atom is 0.408 e. The zero-order valence-corrected chi connectivity index (χ0v) is 24.3. The molecule has 0 aromatic heterocycles. The number of aromatic hydroxyl groups is 1. The molecule has 3 aromatic rings. The first-order valence-electron chi connectivity index (χ1n) is 13.5. The molecule has 0 spiro atoms. The Morgan fingerprint density at radius 1 is 1.07 bits per heavy atom. The lowest BCUT2D eigenvalue weighted by molar-refractivity contribution is -0.140. The quantitative estimate of drug-likeness (QED) is 0.276. The first-order valence-corrected chi connectivity index (χ1v) is 13.5. The summed E-state index contributed by atoms with van der Waals surface area (Å²) in [7, 11) is 0. The highest BCUT2D eigenvalue weighted by Crippen LogP contribution is 2.27. The van der Waals surface area contributed by atoms with E-state index in [1.165, 1.54) is 12.1 Å². The summed E-state index contributed by atoms with van der Waals surface area (Å²) in [5.74, 6) is -1.15. The molecule has 0 aliphatic heterocycles. The number of hydrogen-bond donors (Lipinski definition) is 3. The number of carbonyl (C=O) groups is 3. The van der Waals surface area contributed by atoms with Crippen molar-refractivity contribution in [3.63, 3.8) is 0 Å². The lowest BCUT2D eigenvalue weighted by atomic mass is 9.98. The number of para-hydroxylation sites is 1. The van der Waals surface area contributed by atoms with Crippen LogP contribution in [0.2, 0.25) is 0 Å². The number of amides is 3.